The lowest BCUT2D eigenvalue weighted by atomic mass is 9.98. The Labute approximate surface area is 136 Å². The van der Waals surface area contributed by atoms with Crippen molar-refractivity contribution >= 4 is 5.57 Å². The second-order valence-electron chi connectivity index (χ2n) is 6.37. The van der Waals surface area contributed by atoms with Crippen LogP contribution in [-0.4, -0.2) is 18.8 Å². The molecule has 118 valence electrons. The van der Waals surface area contributed by atoms with Crippen molar-refractivity contribution in [3.05, 3.63) is 65.2 Å². The number of aromatic hydroxyl groups is 1. The molecule has 2 aliphatic carbocycles. The molecule has 0 spiro atoms. The van der Waals surface area contributed by atoms with Crippen molar-refractivity contribution in [3.63, 3.8) is 0 Å². The Morgan fingerprint density at radius 3 is 2.74 bits per heavy atom. The van der Waals surface area contributed by atoms with E-state index in [-0.39, 0.29) is 11.8 Å². The van der Waals surface area contributed by atoms with Crippen LogP contribution in [0.1, 0.15) is 35.6 Å². The fourth-order valence-electron chi connectivity index (χ4n) is 3.18. The number of benzene rings is 2. The average molecular weight is 307 g/mol. The summed E-state index contributed by atoms with van der Waals surface area (Å²) in [6.07, 6.45) is 4.74. The predicted molar refractivity (Wildman–Crippen MR) is 91.6 cm³/mol. The number of nitrogens with one attached hydrogen (secondary N) is 1. The van der Waals surface area contributed by atoms with Crippen molar-refractivity contribution in [1.29, 1.82) is 0 Å². The maximum Gasteiger partial charge on any atom is 0.127 e. The van der Waals surface area contributed by atoms with Crippen molar-refractivity contribution in [2.45, 2.75) is 18.9 Å². The third kappa shape index (κ3) is 2.73. The van der Waals surface area contributed by atoms with E-state index >= 15 is 0 Å². The molecule has 0 heterocycles. The molecule has 2 aromatic carbocycles. The minimum atomic E-state index is 0.194. The van der Waals surface area contributed by atoms with E-state index in [1.165, 1.54) is 24.0 Å². The molecule has 3 nitrogen and oxygen atoms in total. The number of hydrogen-bond donors (Lipinski definition) is 2. The summed E-state index contributed by atoms with van der Waals surface area (Å²) >= 11 is 0. The van der Waals surface area contributed by atoms with Crippen LogP contribution >= 0.6 is 0 Å². The number of hydrogen-bond acceptors (Lipinski definition) is 3. The summed E-state index contributed by atoms with van der Waals surface area (Å²) in [6, 6.07) is 14.0. The van der Waals surface area contributed by atoms with Gasteiger partial charge in [0.2, 0.25) is 0 Å². The fourth-order valence-corrected chi connectivity index (χ4v) is 3.18. The molecule has 0 bridgehead atoms. The van der Waals surface area contributed by atoms with E-state index in [1.807, 2.05) is 19.2 Å². The second-order valence-corrected chi connectivity index (χ2v) is 6.37. The first-order valence-electron chi connectivity index (χ1n) is 8.21. The maximum absolute atomic E-state index is 9.96. The lowest BCUT2D eigenvalue weighted by Crippen LogP contribution is -2.11. The molecular formula is C20H21NO2. The highest BCUT2D eigenvalue weighted by Crippen LogP contribution is 2.42. The highest BCUT2D eigenvalue weighted by atomic mass is 16.5. The monoisotopic (exact) mass is 307 g/mol. The Bertz CT molecular complexity index is 762. The molecule has 0 aromatic heterocycles. The molecule has 4 rings (SSSR count). The minimum Gasteiger partial charge on any atom is -0.508 e. The molecule has 1 atom stereocenters. The maximum atomic E-state index is 9.96. The summed E-state index contributed by atoms with van der Waals surface area (Å²) in [6.45, 7) is 0.766. The SMILES string of the molecule is CNC1C=C(c2cc(O)ccc2OCC2CC2)c2ccccc21. The van der Waals surface area contributed by atoms with Gasteiger partial charge >= 0.3 is 0 Å². The van der Waals surface area contributed by atoms with Gasteiger partial charge in [-0.1, -0.05) is 30.3 Å². The van der Waals surface area contributed by atoms with E-state index in [0.29, 0.717) is 5.92 Å². The average Bonchev–Trinajstić information content (AvgIpc) is 3.33. The largest absolute Gasteiger partial charge is 0.508 e. The van der Waals surface area contributed by atoms with Gasteiger partial charge in [0.25, 0.3) is 0 Å². The van der Waals surface area contributed by atoms with Crippen LogP contribution < -0.4 is 10.1 Å². The number of rotatable bonds is 5. The zero-order valence-electron chi connectivity index (χ0n) is 13.3. The Kier molecular flexibility index (Phi) is 3.58. The molecule has 1 fully saturated rings. The lowest BCUT2D eigenvalue weighted by Gasteiger charge is -2.14. The number of phenols is 1. The van der Waals surface area contributed by atoms with Crippen molar-refractivity contribution in [2.75, 3.05) is 13.7 Å². The molecule has 2 aromatic rings. The fraction of sp³-hybridized carbons (Fsp3) is 0.300. The molecule has 0 aliphatic heterocycles. The summed E-state index contributed by atoms with van der Waals surface area (Å²) in [5, 5.41) is 13.3. The van der Waals surface area contributed by atoms with Crippen LogP contribution in [0.15, 0.2) is 48.5 Å². The van der Waals surface area contributed by atoms with Crippen molar-refractivity contribution < 1.29 is 9.84 Å². The predicted octanol–water partition coefficient (Wildman–Crippen LogP) is 3.89. The molecule has 23 heavy (non-hydrogen) atoms. The van der Waals surface area contributed by atoms with Crippen LogP contribution in [-0.2, 0) is 0 Å². The van der Waals surface area contributed by atoms with Crippen LogP contribution in [0, 0.1) is 5.92 Å². The number of ether oxygens (including phenoxy) is 1. The Morgan fingerprint density at radius 1 is 1.13 bits per heavy atom. The number of phenolic OH excluding ortho intramolecular Hbond substituents is 1. The minimum absolute atomic E-state index is 0.194. The molecule has 3 heteroatoms. The topological polar surface area (TPSA) is 41.5 Å². The van der Waals surface area contributed by atoms with E-state index in [0.717, 1.165) is 23.5 Å². The quantitative estimate of drug-likeness (QED) is 0.880. The van der Waals surface area contributed by atoms with Crippen molar-refractivity contribution in [1.82, 2.24) is 5.32 Å². The third-order valence-electron chi connectivity index (χ3n) is 4.66. The summed E-state index contributed by atoms with van der Waals surface area (Å²) < 4.78 is 6.04. The van der Waals surface area contributed by atoms with Gasteiger partial charge in [0.15, 0.2) is 0 Å². The van der Waals surface area contributed by atoms with E-state index in [4.69, 9.17) is 4.74 Å². The first-order chi connectivity index (χ1) is 11.3. The van der Waals surface area contributed by atoms with Gasteiger partial charge in [-0.05, 0) is 60.7 Å². The van der Waals surface area contributed by atoms with Gasteiger partial charge in [-0.2, -0.15) is 0 Å². The molecule has 2 aliphatic rings. The molecule has 1 saturated carbocycles. The molecule has 0 amide bonds. The van der Waals surface area contributed by atoms with Gasteiger partial charge in [-0.25, -0.2) is 0 Å². The highest BCUT2D eigenvalue weighted by molar-refractivity contribution is 5.88. The molecule has 1 unspecified atom stereocenters. The second kappa shape index (κ2) is 5.74. The van der Waals surface area contributed by atoms with Gasteiger partial charge in [-0.15, -0.1) is 0 Å². The van der Waals surface area contributed by atoms with Crippen LogP contribution in [0.2, 0.25) is 0 Å². The Balaban J connectivity index is 1.75. The lowest BCUT2D eigenvalue weighted by molar-refractivity contribution is 0.298. The molecular weight excluding hydrogens is 286 g/mol. The number of likely N-dealkylation sites (N-methyl/N-ethyl adjacent to an activating group) is 1. The molecule has 0 saturated heterocycles. The third-order valence-corrected chi connectivity index (χ3v) is 4.66. The van der Waals surface area contributed by atoms with Gasteiger partial charge in [0.1, 0.15) is 11.5 Å². The summed E-state index contributed by atoms with van der Waals surface area (Å²) in [5.74, 6) is 1.82. The summed E-state index contributed by atoms with van der Waals surface area (Å²) in [4.78, 5) is 0. The van der Waals surface area contributed by atoms with E-state index in [2.05, 4.69) is 35.7 Å². The Hall–Kier alpha value is -2.26. The van der Waals surface area contributed by atoms with Crippen molar-refractivity contribution in [3.8, 4) is 11.5 Å². The van der Waals surface area contributed by atoms with Gasteiger partial charge in [-0.3, -0.25) is 0 Å². The standard InChI is InChI=1S/C20H21NO2/c1-21-19-11-17(15-4-2-3-5-16(15)19)18-10-14(22)8-9-20(18)23-12-13-6-7-13/h2-5,8-11,13,19,21-22H,6-7,12H2,1H3. The van der Waals surface area contributed by atoms with E-state index in [1.54, 1.807) is 6.07 Å². The highest BCUT2D eigenvalue weighted by Gasteiger charge is 2.26. The van der Waals surface area contributed by atoms with Crippen LogP contribution in [0.5, 0.6) is 11.5 Å². The Morgan fingerprint density at radius 2 is 1.96 bits per heavy atom. The normalized spacial score (nSPS) is 19.3. The smallest absolute Gasteiger partial charge is 0.127 e. The molecule has 2 N–H and O–H groups in total. The first kappa shape index (κ1) is 14.3. The zero-order chi connectivity index (χ0) is 15.8. The van der Waals surface area contributed by atoms with E-state index in [9.17, 15) is 5.11 Å². The van der Waals surface area contributed by atoms with Crippen LogP contribution in [0.3, 0.4) is 0 Å². The van der Waals surface area contributed by atoms with Crippen LogP contribution in [0.25, 0.3) is 5.57 Å². The molecule has 0 radical (unpaired) electrons. The van der Waals surface area contributed by atoms with Gasteiger partial charge in [0, 0.05) is 5.56 Å². The van der Waals surface area contributed by atoms with Crippen LogP contribution in [0.4, 0.5) is 0 Å². The number of fused-ring (bicyclic) bond motifs is 1. The van der Waals surface area contributed by atoms with E-state index < -0.39 is 0 Å². The summed E-state index contributed by atoms with van der Waals surface area (Å²) in [7, 11) is 1.97. The summed E-state index contributed by atoms with van der Waals surface area (Å²) in [5.41, 5.74) is 4.56. The first-order valence-corrected chi connectivity index (χ1v) is 8.21. The van der Waals surface area contributed by atoms with Gasteiger partial charge < -0.3 is 15.2 Å². The zero-order valence-corrected chi connectivity index (χ0v) is 13.3. The van der Waals surface area contributed by atoms with Crippen molar-refractivity contribution in [2.24, 2.45) is 5.92 Å². The van der Waals surface area contributed by atoms with Gasteiger partial charge in [0.05, 0.1) is 12.6 Å².